The summed E-state index contributed by atoms with van der Waals surface area (Å²) in [4.78, 5) is 16.3. The molecule has 1 fully saturated rings. The summed E-state index contributed by atoms with van der Waals surface area (Å²) in [6.45, 7) is 10.4. The minimum Gasteiger partial charge on any atom is -0.383 e. The molecule has 100 valence electrons. The Kier molecular flexibility index (Phi) is 6.47. The number of carbonyl (C=O) groups is 1. The fourth-order valence-electron chi connectivity index (χ4n) is 2.08. The second kappa shape index (κ2) is 7.63. The van der Waals surface area contributed by atoms with E-state index in [1.54, 1.807) is 7.11 Å². The van der Waals surface area contributed by atoms with Crippen LogP contribution in [0.25, 0.3) is 0 Å². The molecule has 0 unspecified atom stereocenters. The fraction of sp³-hybridized carbons (Fsp3) is 0.917. The Balaban J connectivity index is 2.19. The molecule has 5 heteroatoms. The second-order valence-corrected chi connectivity index (χ2v) is 4.63. The summed E-state index contributed by atoms with van der Waals surface area (Å²) in [5.74, 6) is 0.0968. The minimum atomic E-state index is 0.0874. The van der Waals surface area contributed by atoms with Crippen molar-refractivity contribution in [1.29, 1.82) is 0 Å². The van der Waals surface area contributed by atoms with Crippen LogP contribution in [-0.2, 0) is 9.53 Å². The summed E-state index contributed by atoms with van der Waals surface area (Å²) >= 11 is 0. The van der Waals surface area contributed by atoms with Crippen molar-refractivity contribution in [3.63, 3.8) is 0 Å². The van der Waals surface area contributed by atoms with Gasteiger partial charge in [-0.1, -0.05) is 6.92 Å². The van der Waals surface area contributed by atoms with E-state index in [1.807, 2.05) is 6.92 Å². The van der Waals surface area contributed by atoms with Gasteiger partial charge in [0.25, 0.3) is 0 Å². The first-order valence-corrected chi connectivity index (χ1v) is 6.38. The average Bonchev–Trinajstić information content (AvgIpc) is 2.30. The second-order valence-electron chi connectivity index (χ2n) is 4.63. The van der Waals surface area contributed by atoms with Crippen LogP contribution < -0.4 is 5.32 Å². The number of ether oxygens (including phenoxy) is 1. The van der Waals surface area contributed by atoms with Crippen molar-refractivity contribution in [3.05, 3.63) is 0 Å². The number of hydrogen-bond acceptors (Lipinski definition) is 4. The Morgan fingerprint density at radius 2 is 1.88 bits per heavy atom. The molecule has 0 radical (unpaired) electrons. The van der Waals surface area contributed by atoms with E-state index in [0.29, 0.717) is 13.2 Å². The van der Waals surface area contributed by atoms with Gasteiger partial charge in [-0.25, -0.2) is 0 Å². The molecule has 1 heterocycles. The molecule has 1 N–H and O–H groups in total. The van der Waals surface area contributed by atoms with Crippen molar-refractivity contribution in [1.82, 2.24) is 15.1 Å². The van der Waals surface area contributed by atoms with E-state index >= 15 is 0 Å². The highest BCUT2D eigenvalue weighted by molar-refractivity contribution is 5.78. The van der Waals surface area contributed by atoms with Gasteiger partial charge < -0.3 is 15.0 Å². The predicted octanol–water partition coefficient (Wildman–Crippen LogP) is -0.225. The number of likely N-dealkylation sites (N-methyl/N-ethyl adjacent to an activating group) is 1. The van der Waals surface area contributed by atoms with E-state index in [9.17, 15) is 4.79 Å². The van der Waals surface area contributed by atoms with Gasteiger partial charge in [0.1, 0.15) is 0 Å². The van der Waals surface area contributed by atoms with Gasteiger partial charge in [0.05, 0.1) is 13.2 Å². The van der Waals surface area contributed by atoms with Gasteiger partial charge in [0.2, 0.25) is 5.91 Å². The van der Waals surface area contributed by atoms with Gasteiger partial charge in [0, 0.05) is 39.3 Å². The van der Waals surface area contributed by atoms with Crippen LogP contribution >= 0.6 is 0 Å². The number of amides is 1. The lowest BCUT2D eigenvalue weighted by Crippen LogP contribution is -2.50. The number of hydrogen-bond donors (Lipinski definition) is 1. The molecule has 0 aromatic carbocycles. The van der Waals surface area contributed by atoms with Gasteiger partial charge in [-0.05, 0) is 13.5 Å². The normalized spacial score (nSPS) is 20.2. The molecule has 0 spiro atoms. The van der Waals surface area contributed by atoms with Gasteiger partial charge in [-0.15, -0.1) is 0 Å². The first-order valence-electron chi connectivity index (χ1n) is 6.38. The summed E-state index contributed by atoms with van der Waals surface area (Å²) in [5.41, 5.74) is 0. The van der Waals surface area contributed by atoms with Crippen LogP contribution in [-0.4, -0.2) is 74.7 Å². The monoisotopic (exact) mass is 243 g/mol. The Labute approximate surface area is 104 Å². The number of nitrogens with one attached hydrogen (secondary N) is 1. The molecule has 1 saturated heterocycles. The smallest absolute Gasteiger partial charge is 0.234 e. The van der Waals surface area contributed by atoms with Gasteiger partial charge in [-0.2, -0.15) is 0 Å². The van der Waals surface area contributed by atoms with Crippen LogP contribution in [0.4, 0.5) is 0 Å². The summed E-state index contributed by atoms with van der Waals surface area (Å²) < 4.78 is 4.99. The van der Waals surface area contributed by atoms with Crippen LogP contribution in [0.15, 0.2) is 0 Å². The van der Waals surface area contributed by atoms with Crippen LogP contribution in [0.5, 0.6) is 0 Å². The highest BCUT2D eigenvalue weighted by atomic mass is 16.5. The maximum atomic E-state index is 11.7. The van der Waals surface area contributed by atoms with E-state index in [1.165, 1.54) is 0 Å². The minimum absolute atomic E-state index is 0.0874. The summed E-state index contributed by atoms with van der Waals surface area (Å²) in [7, 11) is 1.65. The number of methoxy groups -OCH3 is 1. The van der Waals surface area contributed by atoms with Crippen LogP contribution in [0, 0.1) is 0 Å². The fourth-order valence-corrected chi connectivity index (χ4v) is 2.08. The molecule has 1 aliphatic heterocycles. The molecular formula is C12H25N3O2. The molecule has 1 aliphatic rings. The topological polar surface area (TPSA) is 44.8 Å². The summed E-state index contributed by atoms with van der Waals surface area (Å²) in [6, 6.07) is 0.0874. The summed E-state index contributed by atoms with van der Waals surface area (Å²) in [5, 5.41) is 2.93. The predicted molar refractivity (Wildman–Crippen MR) is 68.0 cm³/mol. The van der Waals surface area contributed by atoms with E-state index in [4.69, 9.17) is 4.74 Å². The van der Waals surface area contributed by atoms with Crippen molar-refractivity contribution >= 4 is 5.91 Å². The quantitative estimate of drug-likeness (QED) is 0.700. The zero-order valence-corrected chi connectivity index (χ0v) is 11.2. The molecule has 0 saturated carbocycles. The molecule has 0 aromatic rings. The van der Waals surface area contributed by atoms with Crippen molar-refractivity contribution in [3.8, 4) is 0 Å². The SMILES string of the molecule is CCN1CCN(CC(=O)N[C@@H](C)COC)CC1. The number of carbonyl (C=O) groups excluding carboxylic acids is 1. The molecule has 17 heavy (non-hydrogen) atoms. The van der Waals surface area contributed by atoms with Crippen LogP contribution in [0.3, 0.4) is 0 Å². The van der Waals surface area contributed by atoms with Crippen molar-refractivity contribution in [2.45, 2.75) is 19.9 Å². The molecule has 0 aromatic heterocycles. The van der Waals surface area contributed by atoms with Gasteiger partial charge in [0.15, 0.2) is 0 Å². The standard InChI is InChI=1S/C12H25N3O2/c1-4-14-5-7-15(8-6-14)9-12(16)13-11(2)10-17-3/h11H,4-10H2,1-3H3,(H,13,16)/t11-/m0/s1. The zero-order valence-electron chi connectivity index (χ0n) is 11.2. The third-order valence-electron chi connectivity index (χ3n) is 3.10. The third kappa shape index (κ3) is 5.48. The van der Waals surface area contributed by atoms with Gasteiger partial charge >= 0.3 is 0 Å². The first kappa shape index (κ1) is 14.4. The lowest BCUT2D eigenvalue weighted by molar-refractivity contribution is -0.123. The van der Waals surface area contributed by atoms with Gasteiger partial charge in [-0.3, -0.25) is 9.69 Å². The van der Waals surface area contributed by atoms with E-state index in [2.05, 4.69) is 22.0 Å². The highest BCUT2D eigenvalue weighted by Crippen LogP contribution is 2.00. The maximum absolute atomic E-state index is 11.7. The van der Waals surface area contributed by atoms with Crippen LogP contribution in [0.1, 0.15) is 13.8 Å². The Morgan fingerprint density at radius 1 is 1.29 bits per heavy atom. The van der Waals surface area contributed by atoms with Crippen LogP contribution in [0.2, 0.25) is 0 Å². The average molecular weight is 243 g/mol. The summed E-state index contributed by atoms with van der Waals surface area (Å²) in [6.07, 6.45) is 0. The van der Waals surface area contributed by atoms with E-state index < -0.39 is 0 Å². The highest BCUT2D eigenvalue weighted by Gasteiger charge is 2.18. The first-order chi connectivity index (χ1) is 8.15. The third-order valence-corrected chi connectivity index (χ3v) is 3.10. The Morgan fingerprint density at radius 3 is 2.41 bits per heavy atom. The number of nitrogens with zero attached hydrogens (tertiary/aromatic N) is 2. The molecule has 0 bridgehead atoms. The maximum Gasteiger partial charge on any atom is 0.234 e. The van der Waals surface area contributed by atoms with E-state index in [0.717, 1.165) is 32.7 Å². The van der Waals surface area contributed by atoms with Crippen molar-refractivity contribution < 1.29 is 9.53 Å². The largest absolute Gasteiger partial charge is 0.383 e. The molecule has 1 rings (SSSR count). The van der Waals surface area contributed by atoms with Crippen molar-refractivity contribution in [2.75, 3.05) is 53.0 Å². The lowest BCUT2D eigenvalue weighted by Gasteiger charge is -2.33. The Bertz CT molecular complexity index is 228. The molecule has 1 atom stereocenters. The number of piperazine rings is 1. The molecule has 1 amide bonds. The molecule has 5 nitrogen and oxygen atoms in total. The lowest BCUT2D eigenvalue weighted by atomic mass is 10.3. The Hall–Kier alpha value is -0.650. The number of rotatable bonds is 6. The van der Waals surface area contributed by atoms with Crippen molar-refractivity contribution in [2.24, 2.45) is 0 Å². The van der Waals surface area contributed by atoms with E-state index in [-0.39, 0.29) is 11.9 Å². The zero-order chi connectivity index (χ0) is 12.7. The molecular weight excluding hydrogens is 218 g/mol. The molecule has 0 aliphatic carbocycles.